The second-order valence-corrected chi connectivity index (χ2v) is 12.7. The van der Waals surface area contributed by atoms with Gasteiger partial charge in [0.25, 0.3) is 0 Å². The molecule has 0 bridgehead atoms. The molecule has 0 fully saturated rings. The van der Waals surface area contributed by atoms with Crippen LogP contribution in [-0.4, -0.2) is 77.9 Å². The molecule has 5 unspecified atom stereocenters. The number of carbonyl (C=O) groups is 5. The molecule has 0 aliphatic carbocycles. The Labute approximate surface area is 287 Å². The van der Waals surface area contributed by atoms with E-state index in [4.69, 9.17) is 18.9 Å². The summed E-state index contributed by atoms with van der Waals surface area (Å²) in [4.78, 5) is 60.1. The van der Waals surface area contributed by atoms with E-state index >= 15 is 0 Å². The minimum Gasteiger partial charge on any atom is -0.481 e. The Hall–Kier alpha value is -2.73. The van der Waals surface area contributed by atoms with Gasteiger partial charge in [-0.3, -0.25) is 24.0 Å². The third kappa shape index (κ3) is 23.6. The van der Waals surface area contributed by atoms with E-state index in [1.165, 1.54) is 0 Å². The highest BCUT2D eigenvalue weighted by Gasteiger charge is 2.38. The summed E-state index contributed by atoms with van der Waals surface area (Å²) in [6.45, 7) is 9.23. The van der Waals surface area contributed by atoms with Crippen molar-refractivity contribution in [2.24, 2.45) is 23.7 Å². The van der Waals surface area contributed by atoms with Gasteiger partial charge in [0.15, 0.2) is 6.29 Å². The van der Waals surface area contributed by atoms with E-state index in [2.05, 4.69) is 27.7 Å². The number of ether oxygens (including phenoxy) is 4. The number of carboxylic acids is 2. The van der Waals surface area contributed by atoms with Crippen LogP contribution in [-0.2, 0) is 42.9 Å². The first-order chi connectivity index (χ1) is 23.0. The van der Waals surface area contributed by atoms with Crippen LogP contribution in [0.2, 0.25) is 0 Å². The van der Waals surface area contributed by atoms with Gasteiger partial charge >= 0.3 is 29.8 Å². The first-order valence-electron chi connectivity index (χ1n) is 18.2. The van der Waals surface area contributed by atoms with Gasteiger partial charge in [0.1, 0.15) is 0 Å². The first kappa shape index (κ1) is 45.3. The van der Waals surface area contributed by atoms with Crippen molar-refractivity contribution < 1.29 is 58.2 Å². The summed E-state index contributed by atoms with van der Waals surface area (Å²) in [5, 5.41) is 29.5. The molecule has 0 heterocycles. The largest absolute Gasteiger partial charge is 0.481 e. The lowest BCUT2D eigenvalue weighted by molar-refractivity contribution is -0.179. The highest BCUT2D eigenvalue weighted by molar-refractivity contribution is 5.80. The molecule has 0 saturated carbocycles. The number of hydrogen-bond donors (Lipinski definition) is 3. The van der Waals surface area contributed by atoms with Crippen LogP contribution in [0.5, 0.6) is 0 Å². The average Bonchev–Trinajstić information content (AvgIpc) is 3.05. The van der Waals surface area contributed by atoms with Gasteiger partial charge < -0.3 is 34.3 Å². The second kappa shape index (κ2) is 29.2. The van der Waals surface area contributed by atoms with Gasteiger partial charge in [0, 0.05) is 25.4 Å². The normalized spacial score (nSPS) is 14.4. The molecule has 0 aliphatic rings. The van der Waals surface area contributed by atoms with Gasteiger partial charge in [-0.05, 0) is 56.8 Å². The van der Waals surface area contributed by atoms with Gasteiger partial charge in [-0.25, -0.2) is 0 Å². The maximum absolute atomic E-state index is 12.9. The van der Waals surface area contributed by atoms with Crippen LogP contribution in [0.1, 0.15) is 143 Å². The molecular formula is C36H64O12. The zero-order chi connectivity index (χ0) is 36.2. The highest BCUT2D eigenvalue weighted by Crippen LogP contribution is 2.27. The highest BCUT2D eigenvalue weighted by atomic mass is 16.6. The fraction of sp³-hybridized carbons (Fsp3) is 0.861. The summed E-state index contributed by atoms with van der Waals surface area (Å²) in [5.74, 6) is -6.19. The second-order valence-electron chi connectivity index (χ2n) is 12.7. The maximum Gasteiger partial charge on any atom is 0.310 e. The molecule has 12 nitrogen and oxygen atoms in total. The van der Waals surface area contributed by atoms with E-state index in [-0.39, 0.29) is 38.0 Å². The quantitative estimate of drug-likeness (QED) is 0.0295. The van der Waals surface area contributed by atoms with Crippen LogP contribution in [0.3, 0.4) is 0 Å². The van der Waals surface area contributed by atoms with E-state index in [1.54, 1.807) is 0 Å². The summed E-state index contributed by atoms with van der Waals surface area (Å²) in [7, 11) is 0. The molecular weight excluding hydrogens is 624 g/mol. The molecule has 0 aromatic rings. The number of aliphatic carboxylic acids is 2. The number of unbranched alkanes of at least 4 members (excludes halogenated alkanes) is 6. The van der Waals surface area contributed by atoms with Gasteiger partial charge in [0.05, 0.1) is 38.6 Å². The van der Waals surface area contributed by atoms with Crippen molar-refractivity contribution in [3.8, 4) is 0 Å². The molecule has 3 N–H and O–H groups in total. The van der Waals surface area contributed by atoms with E-state index in [0.29, 0.717) is 63.6 Å². The lowest BCUT2D eigenvalue weighted by atomic mass is 9.86. The van der Waals surface area contributed by atoms with E-state index in [9.17, 15) is 39.3 Å². The number of rotatable bonds is 32. The minimum absolute atomic E-state index is 0.0242. The van der Waals surface area contributed by atoms with Crippen molar-refractivity contribution in [3.63, 3.8) is 0 Å². The van der Waals surface area contributed by atoms with Crippen molar-refractivity contribution in [3.05, 3.63) is 0 Å². The van der Waals surface area contributed by atoms with Crippen LogP contribution in [0.4, 0.5) is 0 Å². The van der Waals surface area contributed by atoms with Crippen LogP contribution >= 0.6 is 0 Å². The van der Waals surface area contributed by atoms with E-state index < -0.39 is 48.9 Å². The Balaban J connectivity index is 4.66. The Morgan fingerprint density at radius 1 is 0.583 bits per heavy atom. The predicted octanol–water partition coefficient (Wildman–Crippen LogP) is 6.69. The average molecular weight is 689 g/mol. The summed E-state index contributed by atoms with van der Waals surface area (Å²) in [6.07, 6.45) is 8.86. The minimum atomic E-state index is -1.71. The molecule has 0 spiro atoms. The fourth-order valence-corrected chi connectivity index (χ4v) is 5.31. The Morgan fingerprint density at radius 3 is 1.50 bits per heavy atom. The molecule has 280 valence electrons. The van der Waals surface area contributed by atoms with Crippen LogP contribution < -0.4 is 0 Å². The molecule has 0 aliphatic heterocycles. The van der Waals surface area contributed by atoms with Crippen molar-refractivity contribution in [1.82, 2.24) is 0 Å². The zero-order valence-electron chi connectivity index (χ0n) is 30.0. The molecule has 12 heteroatoms. The smallest absolute Gasteiger partial charge is 0.310 e. The Bertz CT molecular complexity index is 892. The first-order valence-corrected chi connectivity index (χ1v) is 18.2. The van der Waals surface area contributed by atoms with E-state index in [1.807, 2.05) is 0 Å². The molecule has 0 radical (unpaired) electrons. The number of hydrogen-bond acceptors (Lipinski definition) is 10. The van der Waals surface area contributed by atoms with Gasteiger partial charge in [0.2, 0.25) is 0 Å². The third-order valence-electron chi connectivity index (χ3n) is 8.62. The van der Waals surface area contributed by atoms with Crippen molar-refractivity contribution >= 4 is 29.8 Å². The molecule has 0 rings (SSSR count). The fourth-order valence-electron chi connectivity index (χ4n) is 5.31. The van der Waals surface area contributed by atoms with Crippen molar-refractivity contribution in [1.29, 1.82) is 0 Å². The topological polar surface area (TPSA) is 183 Å². The van der Waals surface area contributed by atoms with Gasteiger partial charge in [-0.1, -0.05) is 72.6 Å². The molecule has 0 amide bonds. The van der Waals surface area contributed by atoms with Crippen molar-refractivity contribution in [2.75, 3.05) is 26.4 Å². The lowest BCUT2D eigenvalue weighted by Crippen LogP contribution is -2.38. The molecule has 48 heavy (non-hydrogen) atoms. The number of aliphatic hydroxyl groups is 1. The summed E-state index contributed by atoms with van der Waals surface area (Å²) in [5.41, 5.74) is 0. The zero-order valence-corrected chi connectivity index (χ0v) is 30.0. The molecule has 5 atom stereocenters. The van der Waals surface area contributed by atoms with Crippen LogP contribution in [0.25, 0.3) is 0 Å². The Kier molecular flexibility index (Phi) is 27.5. The summed E-state index contributed by atoms with van der Waals surface area (Å²) in [6, 6.07) is 0. The SMILES string of the molecule is CCCCC(CC)COC(=O)CCCCCOC(=O)C(CC(=O)O)C(CC(=O)O)C(O)OCCCCCC(=O)OCC(CC)CCCC. The van der Waals surface area contributed by atoms with Crippen LogP contribution in [0.15, 0.2) is 0 Å². The molecule has 0 aromatic heterocycles. The number of carboxylic acid groups (broad SMARTS) is 2. The number of esters is 3. The van der Waals surface area contributed by atoms with Crippen molar-refractivity contribution in [2.45, 2.75) is 150 Å². The Morgan fingerprint density at radius 2 is 1.06 bits per heavy atom. The summed E-state index contributed by atoms with van der Waals surface area (Å²) < 4.78 is 21.5. The lowest BCUT2D eigenvalue weighted by Gasteiger charge is -2.27. The number of aliphatic hydroxyl groups excluding tert-OH is 1. The monoisotopic (exact) mass is 688 g/mol. The van der Waals surface area contributed by atoms with Gasteiger partial charge in [-0.2, -0.15) is 0 Å². The molecule has 0 saturated heterocycles. The summed E-state index contributed by atoms with van der Waals surface area (Å²) >= 11 is 0. The molecule has 0 aromatic carbocycles. The van der Waals surface area contributed by atoms with Gasteiger partial charge in [-0.15, -0.1) is 0 Å². The van der Waals surface area contributed by atoms with Crippen LogP contribution in [0, 0.1) is 23.7 Å². The number of carbonyl (C=O) groups excluding carboxylic acids is 3. The predicted molar refractivity (Wildman–Crippen MR) is 180 cm³/mol. The van der Waals surface area contributed by atoms with E-state index in [0.717, 1.165) is 51.4 Å². The maximum atomic E-state index is 12.9. The third-order valence-corrected chi connectivity index (χ3v) is 8.62. The standard InChI is InChI=1S/C36H64O12/c1-5-9-17-27(7-3)25-47-33(41)19-13-11-15-21-45-35(43)29(23-31(37)38)30(24-32(39)40)36(44)46-22-16-12-14-20-34(42)48-26-28(8-4)18-10-6-2/h27-30,35,43H,5-26H2,1-4H3,(H,37,38)(H,39,40).